The van der Waals surface area contributed by atoms with Gasteiger partial charge in [0.05, 0.1) is 19.1 Å². The molecule has 0 aliphatic carbocycles. The van der Waals surface area contributed by atoms with Gasteiger partial charge in [0.1, 0.15) is 5.60 Å². The molecule has 0 saturated carbocycles. The van der Waals surface area contributed by atoms with Crippen LogP contribution in [-0.2, 0) is 19.1 Å². The molecule has 2 heterocycles. The zero-order chi connectivity index (χ0) is 27.9. The van der Waals surface area contributed by atoms with E-state index < -0.39 is 16.7 Å². The van der Waals surface area contributed by atoms with E-state index in [0.717, 1.165) is 30.3 Å². The number of esters is 1. The minimum atomic E-state index is -0.482. The van der Waals surface area contributed by atoms with E-state index in [4.69, 9.17) is 14.2 Å². The molecule has 2 saturated heterocycles. The van der Waals surface area contributed by atoms with Gasteiger partial charge in [0.2, 0.25) is 5.91 Å². The molecule has 0 bridgehead atoms. The number of nitrogens with one attached hydrogen (secondary N) is 2. The second kappa shape index (κ2) is 13.0. The molecule has 11 heteroatoms. The van der Waals surface area contributed by atoms with Gasteiger partial charge in [-0.25, -0.2) is 0 Å². The molecule has 2 N–H and O–H groups in total. The standard InChI is InChI=1S/C27H37N3O7S/c1-27(2,3)37-24(32)10-8-6-7-9-23(31)28-18-11-12-30(16-18)19-15-21(36-5)20(35-4)13-17(19)14-22-25(33)29-26(34)38-22/h13-15,18H,6-12,16H2,1-5H3,(H,28,31)(H,29,33,34)/b22-14-/t18-/m0/s1. The van der Waals surface area contributed by atoms with Crippen molar-refractivity contribution in [2.45, 2.75) is 70.9 Å². The molecule has 0 aromatic heterocycles. The van der Waals surface area contributed by atoms with Crippen LogP contribution in [0.25, 0.3) is 6.08 Å². The number of imide groups is 1. The van der Waals surface area contributed by atoms with Gasteiger partial charge in [-0.3, -0.25) is 24.5 Å². The number of anilines is 1. The number of hydrogen-bond acceptors (Lipinski definition) is 9. The van der Waals surface area contributed by atoms with Gasteiger partial charge in [0.15, 0.2) is 11.5 Å². The number of methoxy groups -OCH3 is 2. The topological polar surface area (TPSA) is 123 Å². The SMILES string of the molecule is COc1cc(/C=C2\SC(=O)NC2=O)c(N2CC[C@H](NC(=O)CCCCCC(=O)OC(C)(C)C)C2)cc1OC. The third kappa shape index (κ3) is 8.41. The number of nitrogens with zero attached hydrogens (tertiary/aromatic N) is 1. The Morgan fingerprint density at radius 1 is 1.11 bits per heavy atom. The Labute approximate surface area is 227 Å². The average Bonchev–Trinajstić information content (AvgIpc) is 3.42. The lowest BCUT2D eigenvalue weighted by Gasteiger charge is -2.23. The Bertz CT molecular complexity index is 1100. The van der Waals surface area contributed by atoms with Gasteiger partial charge in [-0.15, -0.1) is 0 Å². The summed E-state index contributed by atoms with van der Waals surface area (Å²) < 4.78 is 16.2. The highest BCUT2D eigenvalue weighted by atomic mass is 32.2. The maximum absolute atomic E-state index is 12.5. The van der Waals surface area contributed by atoms with Crippen molar-refractivity contribution in [1.29, 1.82) is 0 Å². The first kappa shape index (κ1) is 29.3. The number of thioether (sulfide) groups is 1. The van der Waals surface area contributed by atoms with Crippen molar-refractivity contribution in [3.63, 3.8) is 0 Å². The highest BCUT2D eigenvalue weighted by Crippen LogP contribution is 2.39. The Balaban J connectivity index is 1.56. The predicted octanol–water partition coefficient (Wildman–Crippen LogP) is 4.01. The Morgan fingerprint density at radius 3 is 2.42 bits per heavy atom. The number of ether oxygens (including phenoxy) is 3. The third-order valence-corrected chi connectivity index (χ3v) is 6.87. The van der Waals surface area contributed by atoms with Crippen LogP contribution < -0.4 is 25.0 Å². The molecule has 208 valence electrons. The molecular formula is C27H37N3O7S. The van der Waals surface area contributed by atoms with Crippen molar-refractivity contribution in [2.75, 3.05) is 32.2 Å². The molecule has 10 nitrogen and oxygen atoms in total. The van der Waals surface area contributed by atoms with Gasteiger partial charge in [0, 0.05) is 49.3 Å². The summed E-state index contributed by atoms with van der Waals surface area (Å²) in [6.45, 7) is 6.83. The van der Waals surface area contributed by atoms with E-state index in [0.29, 0.717) is 60.7 Å². The molecule has 2 aliphatic heterocycles. The van der Waals surface area contributed by atoms with E-state index in [1.807, 2.05) is 26.8 Å². The van der Waals surface area contributed by atoms with Gasteiger partial charge in [0.25, 0.3) is 11.1 Å². The van der Waals surface area contributed by atoms with E-state index in [1.54, 1.807) is 19.3 Å². The summed E-state index contributed by atoms with van der Waals surface area (Å²) in [7, 11) is 3.09. The highest BCUT2D eigenvalue weighted by molar-refractivity contribution is 8.18. The lowest BCUT2D eigenvalue weighted by atomic mass is 10.1. The number of benzene rings is 1. The van der Waals surface area contributed by atoms with Gasteiger partial charge in [-0.05, 0) is 63.9 Å². The number of hydrogen-bond donors (Lipinski definition) is 2. The van der Waals surface area contributed by atoms with Crippen molar-refractivity contribution >= 4 is 46.5 Å². The van der Waals surface area contributed by atoms with E-state index >= 15 is 0 Å². The van der Waals surface area contributed by atoms with Crippen molar-refractivity contribution in [3.05, 3.63) is 22.6 Å². The fourth-order valence-electron chi connectivity index (χ4n) is 4.36. The van der Waals surface area contributed by atoms with E-state index in [2.05, 4.69) is 15.5 Å². The van der Waals surface area contributed by atoms with Crippen molar-refractivity contribution in [1.82, 2.24) is 10.6 Å². The van der Waals surface area contributed by atoms with Crippen LogP contribution in [-0.4, -0.2) is 62.0 Å². The minimum absolute atomic E-state index is 0.0127. The Hall–Kier alpha value is -3.21. The Morgan fingerprint density at radius 2 is 1.79 bits per heavy atom. The van der Waals surface area contributed by atoms with Crippen LogP contribution in [0.4, 0.5) is 10.5 Å². The predicted molar refractivity (Wildman–Crippen MR) is 146 cm³/mol. The van der Waals surface area contributed by atoms with Crippen LogP contribution in [0.15, 0.2) is 17.0 Å². The van der Waals surface area contributed by atoms with E-state index in [1.165, 1.54) is 7.11 Å². The minimum Gasteiger partial charge on any atom is -0.493 e. The van der Waals surface area contributed by atoms with E-state index in [9.17, 15) is 19.2 Å². The maximum Gasteiger partial charge on any atom is 0.306 e. The first-order chi connectivity index (χ1) is 18.0. The number of rotatable bonds is 11. The van der Waals surface area contributed by atoms with Crippen molar-refractivity contribution < 1.29 is 33.4 Å². The largest absolute Gasteiger partial charge is 0.493 e. The maximum atomic E-state index is 12.5. The summed E-state index contributed by atoms with van der Waals surface area (Å²) in [5.74, 6) is 0.397. The summed E-state index contributed by atoms with van der Waals surface area (Å²) in [4.78, 5) is 50.5. The molecule has 1 atom stereocenters. The Kier molecular flexibility index (Phi) is 10.1. The molecule has 0 spiro atoms. The van der Waals surface area contributed by atoms with E-state index in [-0.39, 0.29) is 17.9 Å². The summed E-state index contributed by atoms with van der Waals surface area (Å²) in [5.41, 5.74) is 1.05. The molecule has 3 rings (SSSR count). The molecule has 0 radical (unpaired) electrons. The number of amides is 3. The first-order valence-corrected chi connectivity index (χ1v) is 13.6. The lowest BCUT2D eigenvalue weighted by Crippen LogP contribution is -2.37. The van der Waals surface area contributed by atoms with Crippen LogP contribution >= 0.6 is 11.8 Å². The molecule has 1 aromatic rings. The van der Waals surface area contributed by atoms with Crippen LogP contribution in [0.2, 0.25) is 0 Å². The lowest BCUT2D eigenvalue weighted by molar-refractivity contribution is -0.154. The summed E-state index contributed by atoms with van der Waals surface area (Å²) in [6.07, 6.45) is 5.37. The van der Waals surface area contributed by atoms with Crippen LogP contribution in [0.5, 0.6) is 11.5 Å². The van der Waals surface area contributed by atoms with Gasteiger partial charge >= 0.3 is 5.97 Å². The number of carbonyl (C=O) groups excluding carboxylic acids is 4. The quantitative estimate of drug-likeness (QED) is 0.240. The molecule has 3 amide bonds. The number of unbranched alkanes of at least 4 members (excludes halogenated alkanes) is 2. The zero-order valence-corrected chi connectivity index (χ0v) is 23.5. The fraction of sp³-hybridized carbons (Fsp3) is 0.556. The summed E-state index contributed by atoms with van der Waals surface area (Å²) in [6, 6.07) is 3.60. The molecule has 38 heavy (non-hydrogen) atoms. The van der Waals surface area contributed by atoms with Gasteiger partial charge in [-0.1, -0.05) is 6.42 Å². The van der Waals surface area contributed by atoms with Crippen LogP contribution in [0.1, 0.15) is 64.9 Å². The normalized spacial score (nSPS) is 18.5. The molecule has 0 unspecified atom stereocenters. The fourth-order valence-corrected chi connectivity index (χ4v) is 5.03. The molecular weight excluding hydrogens is 510 g/mol. The van der Waals surface area contributed by atoms with Crippen LogP contribution in [0, 0.1) is 0 Å². The second-order valence-electron chi connectivity index (χ2n) is 10.3. The smallest absolute Gasteiger partial charge is 0.306 e. The van der Waals surface area contributed by atoms with Crippen molar-refractivity contribution in [2.24, 2.45) is 0 Å². The molecule has 1 aromatic carbocycles. The molecule has 2 fully saturated rings. The van der Waals surface area contributed by atoms with Crippen molar-refractivity contribution in [3.8, 4) is 11.5 Å². The summed E-state index contributed by atoms with van der Waals surface area (Å²) in [5, 5.41) is 4.98. The second-order valence-corrected chi connectivity index (χ2v) is 11.3. The van der Waals surface area contributed by atoms with Gasteiger partial charge in [-0.2, -0.15) is 0 Å². The molecule has 2 aliphatic rings. The van der Waals surface area contributed by atoms with Crippen LogP contribution in [0.3, 0.4) is 0 Å². The zero-order valence-electron chi connectivity index (χ0n) is 22.7. The highest BCUT2D eigenvalue weighted by Gasteiger charge is 2.29. The first-order valence-electron chi connectivity index (χ1n) is 12.8. The monoisotopic (exact) mass is 547 g/mol. The van der Waals surface area contributed by atoms with Gasteiger partial charge < -0.3 is 24.4 Å². The average molecular weight is 548 g/mol. The third-order valence-electron chi connectivity index (χ3n) is 6.06. The number of carbonyl (C=O) groups is 4. The summed E-state index contributed by atoms with van der Waals surface area (Å²) >= 11 is 0.855.